The van der Waals surface area contributed by atoms with E-state index >= 15 is 0 Å². The van der Waals surface area contributed by atoms with Gasteiger partial charge >= 0.3 is 5.97 Å². The van der Waals surface area contributed by atoms with Crippen LogP contribution >= 0.6 is 0 Å². The van der Waals surface area contributed by atoms with Gasteiger partial charge in [0.2, 0.25) is 0 Å². The highest BCUT2D eigenvalue weighted by Gasteiger charge is 2.58. The molecule has 0 radical (unpaired) electrons. The second-order valence-electron chi connectivity index (χ2n) is 9.57. The normalized spacial score (nSPS) is 44.6. The van der Waals surface area contributed by atoms with E-state index < -0.39 is 0 Å². The Kier molecular flexibility index (Phi) is 4.53. The molecular formula is C22H33NO3. The summed E-state index contributed by atoms with van der Waals surface area (Å²) in [6, 6.07) is 0. The van der Waals surface area contributed by atoms with Crippen LogP contribution in [-0.4, -0.2) is 24.4 Å². The van der Waals surface area contributed by atoms with Crippen LogP contribution in [0.2, 0.25) is 0 Å². The van der Waals surface area contributed by atoms with Crippen molar-refractivity contribution in [2.75, 3.05) is 6.54 Å². The summed E-state index contributed by atoms with van der Waals surface area (Å²) in [5.74, 6) is 2.27. The number of ketones is 1. The molecule has 0 bridgehead atoms. The SMILES string of the molecule is C[C@]12CC[C@@H](OC(=O)CCN)CC1=CCC1C2CC[C@]2(C)C(=O)CCC12. The van der Waals surface area contributed by atoms with Gasteiger partial charge in [0, 0.05) is 24.8 Å². The van der Waals surface area contributed by atoms with E-state index in [1.54, 1.807) is 0 Å². The van der Waals surface area contributed by atoms with Gasteiger partial charge in [-0.15, -0.1) is 0 Å². The van der Waals surface area contributed by atoms with E-state index in [9.17, 15) is 9.59 Å². The number of nitrogens with two attached hydrogens (primary N) is 1. The van der Waals surface area contributed by atoms with Crippen LogP contribution < -0.4 is 5.73 Å². The number of ether oxygens (including phenoxy) is 1. The van der Waals surface area contributed by atoms with Crippen molar-refractivity contribution < 1.29 is 14.3 Å². The zero-order valence-corrected chi connectivity index (χ0v) is 16.3. The number of hydrogen-bond donors (Lipinski definition) is 1. The quantitative estimate of drug-likeness (QED) is 0.615. The predicted octanol–water partition coefficient (Wildman–Crippen LogP) is 3.78. The summed E-state index contributed by atoms with van der Waals surface area (Å²) in [7, 11) is 0. The average molecular weight is 360 g/mol. The number of carbonyl (C=O) groups excluding carboxylic acids is 2. The van der Waals surface area contributed by atoms with Crippen molar-refractivity contribution in [3.05, 3.63) is 11.6 Å². The highest BCUT2D eigenvalue weighted by molar-refractivity contribution is 5.87. The maximum Gasteiger partial charge on any atom is 0.307 e. The maximum atomic E-state index is 12.5. The van der Waals surface area contributed by atoms with Gasteiger partial charge in [-0.2, -0.15) is 0 Å². The summed E-state index contributed by atoms with van der Waals surface area (Å²) in [5.41, 5.74) is 7.14. The van der Waals surface area contributed by atoms with Crippen LogP contribution in [0.25, 0.3) is 0 Å². The summed E-state index contributed by atoms with van der Waals surface area (Å²) in [6.07, 6.45) is 10.9. The van der Waals surface area contributed by atoms with E-state index in [1.807, 2.05) is 0 Å². The summed E-state index contributed by atoms with van der Waals surface area (Å²) >= 11 is 0. The van der Waals surface area contributed by atoms with Crippen molar-refractivity contribution >= 4 is 11.8 Å². The highest BCUT2D eigenvalue weighted by Crippen LogP contribution is 2.64. The summed E-state index contributed by atoms with van der Waals surface area (Å²) in [6.45, 7) is 5.03. The molecule has 3 unspecified atom stereocenters. The average Bonchev–Trinajstić information content (AvgIpc) is 2.91. The third-order valence-electron chi connectivity index (χ3n) is 8.41. The van der Waals surface area contributed by atoms with Gasteiger partial charge in [0.05, 0.1) is 6.42 Å². The number of Topliss-reactive ketones (excluding diaryl/α,β-unsaturated/α-hetero) is 1. The summed E-state index contributed by atoms with van der Waals surface area (Å²) < 4.78 is 5.66. The van der Waals surface area contributed by atoms with E-state index in [2.05, 4.69) is 19.9 Å². The number of hydrogen-bond acceptors (Lipinski definition) is 4. The van der Waals surface area contributed by atoms with Crippen molar-refractivity contribution in [3.63, 3.8) is 0 Å². The molecule has 0 aromatic heterocycles. The highest BCUT2D eigenvalue weighted by atomic mass is 16.5. The van der Waals surface area contributed by atoms with Crippen molar-refractivity contribution in [1.82, 2.24) is 0 Å². The smallest absolute Gasteiger partial charge is 0.307 e. The Labute approximate surface area is 156 Å². The number of rotatable bonds is 3. The Balaban J connectivity index is 1.52. The maximum absolute atomic E-state index is 12.5. The van der Waals surface area contributed by atoms with E-state index in [-0.39, 0.29) is 22.9 Å². The first-order chi connectivity index (χ1) is 12.4. The fourth-order valence-corrected chi connectivity index (χ4v) is 6.86. The largest absolute Gasteiger partial charge is 0.462 e. The molecule has 0 spiro atoms. The van der Waals surface area contributed by atoms with Crippen molar-refractivity contribution in [2.24, 2.45) is 34.3 Å². The third kappa shape index (κ3) is 2.67. The standard InChI is InChI=1S/C22H33NO3/c1-21-10-7-15(26-20(25)9-12-23)13-14(21)3-4-16-17-5-6-19(24)22(17,2)11-8-18(16)21/h3,15-18H,4-13,23H2,1-2H3/t15-,16?,17?,18?,21+,22+/m1/s1. The Bertz CT molecular complexity index is 641. The lowest BCUT2D eigenvalue weighted by molar-refractivity contribution is -0.151. The first-order valence-corrected chi connectivity index (χ1v) is 10.5. The molecule has 0 heterocycles. The van der Waals surface area contributed by atoms with Crippen LogP contribution in [-0.2, 0) is 14.3 Å². The number of fused-ring (bicyclic) bond motifs is 5. The third-order valence-corrected chi connectivity index (χ3v) is 8.41. The van der Waals surface area contributed by atoms with Crippen LogP contribution in [0.5, 0.6) is 0 Å². The molecule has 6 atom stereocenters. The van der Waals surface area contributed by atoms with Gasteiger partial charge in [-0.1, -0.05) is 25.5 Å². The van der Waals surface area contributed by atoms with Gasteiger partial charge in [-0.3, -0.25) is 9.59 Å². The first-order valence-electron chi connectivity index (χ1n) is 10.5. The molecule has 0 saturated heterocycles. The second-order valence-corrected chi connectivity index (χ2v) is 9.57. The molecule has 4 nitrogen and oxygen atoms in total. The zero-order valence-electron chi connectivity index (χ0n) is 16.3. The first kappa shape index (κ1) is 18.2. The van der Waals surface area contributed by atoms with Gasteiger partial charge in [0.1, 0.15) is 11.9 Å². The number of carbonyl (C=O) groups is 2. The number of esters is 1. The molecule has 144 valence electrons. The van der Waals surface area contributed by atoms with Crippen molar-refractivity contribution in [3.8, 4) is 0 Å². The predicted molar refractivity (Wildman–Crippen MR) is 100 cm³/mol. The van der Waals surface area contributed by atoms with Crippen molar-refractivity contribution in [2.45, 2.75) is 77.7 Å². The van der Waals surface area contributed by atoms with Crippen LogP contribution in [0.4, 0.5) is 0 Å². The van der Waals surface area contributed by atoms with Crippen LogP contribution in [0.15, 0.2) is 11.6 Å². The van der Waals surface area contributed by atoms with Gasteiger partial charge < -0.3 is 10.5 Å². The molecule has 0 aliphatic heterocycles. The minimum atomic E-state index is -0.159. The van der Waals surface area contributed by atoms with Gasteiger partial charge in [-0.25, -0.2) is 0 Å². The topological polar surface area (TPSA) is 69.4 Å². The molecule has 0 amide bonds. The van der Waals surface area contributed by atoms with Crippen molar-refractivity contribution in [1.29, 1.82) is 0 Å². The lowest BCUT2D eigenvalue weighted by Crippen LogP contribution is -2.50. The van der Waals surface area contributed by atoms with E-state index in [0.29, 0.717) is 36.5 Å². The monoisotopic (exact) mass is 359 g/mol. The molecule has 4 heteroatoms. The van der Waals surface area contributed by atoms with Gasteiger partial charge in [0.15, 0.2) is 0 Å². The van der Waals surface area contributed by atoms with Crippen LogP contribution in [0, 0.1) is 28.6 Å². The molecule has 4 aliphatic rings. The van der Waals surface area contributed by atoms with E-state index in [4.69, 9.17) is 10.5 Å². The minimum Gasteiger partial charge on any atom is -0.462 e. The molecule has 0 aromatic rings. The summed E-state index contributed by atoms with van der Waals surface area (Å²) in [5, 5.41) is 0. The summed E-state index contributed by atoms with van der Waals surface area (Å²) in [4.78, 5) is 24.3. The van der Waals surface area contributed by atoms with Gasteiger partial charge in [0.25, 0.3) is 0 Å². The fraction of sp³-hybridized carbons (Fsp3) is 0.818. The molecule has 4 aliphatic carbocycles. The molecule has 0 aromatic carbocycles. The Morgan fingerprint density at radius 1 is 1.19 bits per heavy atom. The molecule has 26 heavy (non-hydrogen) atoms. The fourth-order valence-electron chi connectivity index (χ4n) is 6.86. The molecule has 3 saturated carbocycles. The minimum absolute atomic E-state index is 0.0202. The second kappa shape index (κ2) is 6.47. The molecule has 2 N–H and O–H groups in total. The molecule has 4 rings (SSSR count). The zero-order chi connectivity index (χ0) is 18.5. The van der Waals surface area contributed by atoms with E-state index in [0.717, 1.165) is 44.9 Å². The van der Waals surface area contributed by atoms with Crippen LogP contribution in [0.3, 0.4) is 0 Å². The Morgan fingerprint density at radius 3 is 2.69 bits per heavy atom. The van der Waals surface area contributed by atoms with Crippen LogP contribution in [0.1, 0.15) is 71.6 Å². The Hall–Kier alpha value is -1.16. The lowest BCUT2D eigenvalue weighted by Gasteiger charge is -2.56. The van der Waals surface area contributed by atoms with Gasteiger partial charge in [-0.05, 0) is 61.7 Å². The molecular weight excluding hydrogens is 326 g/mol. The lowest BCUT2D eigenvalue weighted by atomic mass is 9.48. The number of allylic oxidation sites excluding steroid dienone is 1. The Morgan fingerprint density at radius 2 is 1.92 bits per heavy atom. The molecule has 3 fully saturated rings. The van der Waals surface area contributed by atoms with E-state index in [1.165, 1.54) is 12.0 Å².